The molecule has 0 spiro atoms. The van der Waals surface area contributed by atoms with Crippen LogP contribution in [0, 0.1) is 5.41 Å². The van der Waals surface area contributed by atoms with Gasteiger partial charge in [0.25, 0.3) is 0 Å². The van der Waals surface area contributed by atoms with Crippen LogP contribution in [0.4, 0.5) is 5.69 Å². The van der Waals surface area contributed by atoms with Crippen molar-refractivity contribution < 1.29 is 6.16 Å². The van der Waals surface area contributed by atoms with E-state index in [1.54, 1.807) is 12.1 Å². The van der Waals surface area contributed by atoms with Gasteiger partial charge < -0.3 is 20.4 Å². The van der Waals surface area contributed by atoms with Crippen LogP contribution in [-0.2, 0) is 4.74 Å². The lowest BCUT2D eigenvalue weighted by Gasteiger charge is -2.29. The smallest absolute Gasteiger partial charge is 0.248 e. The van der Waals surface area contributed by atoms with Crippen LogP contribution >= 0.6 is 0 Å². The Morgan fingerprint density at radius 2 is 2.10 bits per heavy atom. The molecular weight excluding hydrogens is 256 g/mol. The highest BCUT2D eigenvalue weighted by molar-refractivity contribution is 6.04. The molecule has 2 heterocycles. The number of morpholine rings is 1. The van der Waals surface area contributed by atoms with Crippen LogP contribution in [0.2, 0.25) is 0 Å². The van der Waals surface area contributed by atoms with Crippen molar-refractivity contribution in [2.75, 3.05) is 32.0 Å². The van der Waals surface area contributed by atoms with Crippen LogP contribution in [0.25, 0.3) is 10.9 Å². The highest BCUT2D eigenvalue weighted by atomic mass is 16.5. The summed E-state index contributed by atoms with van der Waals surface area (Å²) in [5, 5.41) is 9.17. The Kier molecular flexibility index (Phi) is 3.15. The van der Waals surface area contributed by atoms with Gasteiger partial charge >= 0.3 is 0 Å². The number of rotatable bonds is 1. The van der Waals surface area contributed by atoms with Crippen LogP contribution in [0.3, 0.4) is 0 Å². The van der Waals surface area contributed by atoms with Crippen LogP contribution in [-0.4, -0.2) is 42.0 Å². The molecule has 1 saturated heterocycles. The summed E-state index contributed by atoms with van der Waals surface area (Å²) in [6.07, 6.45) is 0. The van der Waals surface area contributed by atoms with E-state index in [9.17, 15) is 4.79 Å². The molecule has 0 amide bonds. The molecule has 1 aliphatic rings. The average Bonchev–Trinajstić information content (AvgIpc) is 2.46. The number of pyridine rings is 1. The Hall–Kier alpha value is -2.34. The van der Waals surface area contributed by atoms with Gasteiger partial charge in [0.15, 0.2) is 0 Å². The summed E-state index contributed by atoms with van der Waals surface area (Å²) in [6, 6.07) is 6.77. The highest BCUT2D eigenvalue weighted by Crippen LogP contribution is 2.21. The topological polar surface area (TPSA) is 95.2 Å². The van der Waals surface area contributed by atoms with Gasteiger partial charge in [-0.05, 0) is 23.6 Å². The summed E-state index contributed by atoms with van der Waals surface area (Å²) >= 11 is 0. The fourth-order valence-electron chi connectivity index (χ4n) is 2.38. The van der Waals surface area contributed by atoms with Crippen molar-refractivity contribution in [3.8, 4) is 0 Å². The lowest BCUT2D eigenvalue weighted by atomic mass is 10.1. The van der Waals surface area contributed by atoms with Gasteiger partial charge in [0.2, 0.25) is 5.56 Å². The number of hydrogen-bond donors (Lipinski definition) is 3. The highest BCUT2D eigenvalue weighted by Gasteiger charge is 2.17. The van der Waals surface area contributed by atoms with Gasteiger partial charge in [-0.15, -0.1) is 0 Å². The first-order valence-electron chi connectivity index (χ1n) is 6.49. The van der Waals surface area contributed by atoms with Gasteiger partial charge in [-0.1, -0.05) is 0 Å². The second-order valence-corrected chi connectivity index (χ2v) is 4.80. The first-order chi connectivity index (χ1) is 9.65. The molecule has 6 nitrogen and oxygen atoms in total. The summed E-state index contributed by atoms with van der Waals surface area (Å²) in [5.41, 5.74) is 7.74. The molecule has 20 heavy (non-hydrogen) atoms. The van der Waals surface area contributed by atoms with Gasteiger partial charge in [-0.2, -0.15) is 0 Å². The number of H-pyrrole nitrogens is 1. The largest absolute Gasteiger partial charge is 0.398 e. The Balaban J connectivity index is 0.00000161. The van der Waals surface area contributed by atoms with E-state index in [1.165, 1.54) is 6.07 Å². The van der Waals surface area contributed by atoms with Gasteiger partial charge in [0.05, 0.1) is 18.7 Å². The molecule has 6 heteroatoms. The van der Waals surface area contributed by atoms with Crippen molar-refractivity contribution >= 4 is 22.4 Å². The Morgan fingerprint density at radius 1 is 1.35 bits per heavy atom. The molecule has 4 N–H and O–H groups in total. The molecule has 106 valence electrons. The minimum atomic E-state index is -0.159. The van der Waals surface area contributed by atoms with Gasteiger partial charge in [0, 0.05) is 31.8 Å². The first kappa shape index (κ1) is 12.7. The quantitative estimate of drug-likeness (QED) is 0.411. The summed E-state index contributed by atoms with van der Waals surface area (Å²) in [5.74, 6) is 0.402. The number of ether oxygens (including phenoxy) is 1. The number of benzene rings is 1. The zero-order valence-corrected chi connectivity index (χ0v) is 11.0. The fourth-order valence-corrected chi connectivity index (χ4v) is 2.38. The van der Waals surface area contributed by atoms with E-state index in [1.807, 2.05) is 11.0 Å². The zero-order valence-electron chi connectivity index (χ0n) is 11.0. The SMILES string of the molecule is N=C(c1cc2ccc(=O)[nH]c2cc1N)N1CCOCC1.[HH]. The van der Waals surface area contributed by atoms with Gasteiger partial charge in [-0.25, -0.2) is 0 Å². The van der Waals surface area contributed by atoms with E-state index in [0.29, 0.717) is 48.9 Å². The van der Waals surface area contributed by atoms with Crippen molar-refractivity contribution in [2.24, 2.45) is 0 Å². The normalized spacial score (nSPS) is 15.5. The van der Waals surface area contributed by atoms with Crippen LogP contribution < -0.4 is 11.3 Å². The fraction of sp³-hybridized carbons (Fsp3) is 0.286. The standard InChI is InChI=1S/C14H16N4O2.H2/c15-11-8-12-9(1-2-13(19)17-12)7-10(11)14(16)18-3-5-20-6-4-18;/h1-2,7-8,16H,3-6,15H2,(H,17,19);1H. The molecule has 0 aliphatic carbocycles. The summed E-state index contributed by atoms with van der Waals surface area (Å²) in [6.45, 7) is 2.65. The minimum Gasteiger partial charge on any atom is -0.398 e. The minimum absolute atomic E-state index is 0. The number of nitrogens with two attached hydrogens (primary N) is 1. The van der Waals surface area contributed by atoms with Gasteiger partial charge in [-0.3, -0.25) is 10.2 Å². The Labute approximate surface area is 117 Å². The third kappa shape index (κ3) is 2.25. The van der Waals surface area contributed by atoms with E-state index in [0.717, 1.165) is 5.39 Å². The number of hydrogen-bond acceptors (Lipinski definition) is 4. The lowest BCUT2D eigenvalue weighted by molar-refractivity contribution is 0.0680. The number of nitrogen functional groups attached to an aromatic ring is 1. The van der Waals surface area contributed by atoms with E-state index in [2.05, 4.69) is 4.98 Å². The molecule has 1 aromatic carbocycles. The Morgan fingerprint density at radius 3 is 2.85 bits per heavy atom. The number of nitrogens with zero attached hydrogens (tertiary/aromatic N) is 1. The number of aromatic amines is 1. The average molecular weight is 274 g/mol. The summed E-state index contributed by atoms with van der Waals surface area (Å²) < 4.78 is 5.29. The van der Waals surface area contributed by atoms with Crippen molar-refractivity contribution in [1.82, 2.24) is 9.88 Å². The third-order valence-corrected chi connectivity index (χ3v) is 3.48. The van der Waals surface area contributed by atoms with Crippen molar-refractivity contribution in [3.63, 3.8) is 0 Å². The number of nitrogens with one attached hydrogen (secondary N) is 2. The molecule has 1 fully saturated rings. The molecule has 0 unspecified atom stereocenters. The maximum absolute atomic E-state index is 11.3. The molecule has 1 aliphatic heterocycles. The zero-order chi connectivity index (χ0) is 14.1. The molecule has 0 atom stereocenters. The van der Waals surface area contributed by atoms with Crippen LogP contribution in [0.15, 0.2) is 29.1 Å². The maximum atomic E-state index is 11.3. The summed E-state index contributed by atoms with van der Waals surface area (Å²) in [4.78, 5) is 16.0. The van der Waals surface area contributed by atoms with Crippen molar-refractivity contribution in [3.05, 3.63) is 40.2 Å². The predicted octanol–water partition coefficient (Wildman–Crippen LogP) is 1.01. The number of anilines is 1. The van der Waals surface area contributed by atoms with E-state index < -0.39 is 0 Å². The molecule has 2 aromatic rings. The monoisotopic (exact) mass is 274 g/mol. The van der Waals surface area contributed by atoms with E-state index in [-0.39, 0.29) is 6.99 Å². The molecule has 0 bridgehead atoms. The van der Waals surface area contributed by atoms with Crippen molar-refractivity contribution in [2.45, 2.75) is 0 Å². The number of amidine groups is 1. The second-order valence-electron chi connectivity index (χ2n) is 4.80. The Bertz CT molecular complexity index is 722. The van der Waals surface area contributed by atoms with Crippen LogP contribution in [0.1, 0.15) is 6.99 Å². The number of fused-ring (bicyclic) bond motifs is 1. The van der Waals surface area contributed by atoms with Crippen molar-refractivity contribution in [1.29, 1.82) is 5.41 Å². The first-order valence-corrected chi connectivity index (χ1v) is 6.49. The predicted molar refractivity (Wildman–Crippen MR) is 80.3 cm³/mol. The second kappa shape index (κ2) is 4.97. The molecule has 0 radical (unpaired) electrons. The maximum Gasteiger partial charge on any atom is 0.248 e. The third-order valence-electron chi connectivity index (χ3n) is 3.48. The van der Waals surface area contributed by atoms with Crippen LogP contribution in [0.5, 0.6) is 0 Å². The van der Waals surface area contributed by atoms with Gasteiger partial charge in [0.1, 0.15) is 5.84 Å². The lowest BCUT2D eigenvalue weighted by Crippen LogP contribution is -2.41. The molecule has 1 aromatic heterocycles. The molecule has 3 rings (SSSR count). The van der Waals surface area contributed by atoms with E-state index >= 15 is 0 Å². The van der Waals surface area contributed by atoms with E-state index in [4.69, 9.17) is 15.9 Å². The molecule has 0 saturated carbocycles. The number of aromatic nitrogens is 1. The molecular formula is C14H18N4O2. The summed E-state index contributed by atoms with van der Waals surface area (Å²) in [7, 11) is 0.